The number of hydrogen-bond donors (Lipinski definition) is 0. The zero-order valence-corrected chi connectivity index (χ0v) is 41.3. The fourth-order valence-electron chi connectivity index (χ4n) is 8.08. The summed E-state index contributed by atoms with van der Waals surface area (Å²) in [4.78, 5) is 38.0. The smallest absolute Gasteiger partial charge is 0.306 e. The molecular formula is C54H104O6. The van der Waals surface area contributed by atoms with Crippen molar-refractivity contribution in [2.75, 3.05) is 13.2 Å². The Morgan fingerprint density at radius 3 is 0.867 bits per heavy atom. The van der Waals surface area contributed by atoms with Gasteiger partial charge < -0.3 is 14.2 Å². The maximum atomic E-state index is 12.8. The lowest BCUT2D eigenvalue weighted by Crippen LogP contribution is -2.30. The SMILES string of the molecule is CCC(C)CCCCCCCCCCC(=O)O[C@@H](COC(=O)CCCCCCCCCCCCCCCC(C)C)COC(=O)CCCCCCCCCCCCCC(C)C. The molecule has 0 fully saturated rings. The summed E-state index contributed by atoms with van der Waals surface area (Å²) in [7, 11) is 0. The van der Waals surface area contributed by atoms with Gasteiger partial charge in [0.1, 0.15) is 13.2 Å². The van der Waals surface area contributed by atoms with Gasteiger partial charge in [-0.1, -0.05) is 253 Å². The Morgan fingerprint density at radius 1 is 0.333 bits per heavy atom. The second-order valence-electron chi connectivity index (χ2n) is 19.7. The second-order valence-corrected chi connectivity index (χ2v) is 19.7. The van der Waals surface area contributed by atoms with Crippen molar-refractivity contribution in [2.24, 2.45) is 17.8 Å². The highest BCUT2D eigenvalue weighted by atomic mass is 16.6. The number of rotatable bonds is 47. The van der Waals surface area contributed by atoms with Crippen LogP contribution >= 0.6 is 0 Å². The van der Waals surface area contributed by atoms with Crippen molar-refractivity contribution in [1.82, 2.24) is 0 Å². The van der Waals surface area contributed by atoms with Gasteiger partial charge in [-0.15, -0.1) is 0 Å². The highest BCUT2D eigenvalue weighted by Gasteiger charge is 2.19. The first kappa shape index (κ1) is 58.4. The van der Waals surface area contributed by atoms with Gasteiger partial charge in [0.2, 0.25) is 0 Å². The van der Waals surface area contributed by atoms with E-state index in [1.54, 1.807) is 0 Å². The van der Waals surface area contributed by atoms with Crippen molar-refractivity contribution in [3.05, 3.63) is 0 Å². The molecule has 356 valence electrons. The first-order valence-electron chi connectivity index (χ1n) is 26.6. The molecule has 0 aliphatic carbocycles. The maximum Gasteiger partial charge on any atom is 0.306 e. The molecule has 0 saturated carbocycles. The molecule has 0 spiro atoms. The summed E-state index contributed by atoms with van der Waals surface area (Å²) in [5, 5.41) is 0. The topological polar surface area (TPSA) is 78.9 Å². The predicted octanol–water partition coefficient (Wildman–Crippen LogP) is 17.2. The molecule has 0 aliphatic rings. The van der Waals surface area contributed by atoms with Crippen LogP contribution in [0.5, 0.6) is 0 Å². The fraction of sp³-hybridized carbons (Fsp3) is 0.944. The zero-order chi connectivity index (χ0) is 44.2. The van der Waals surface area contributed by atoms with Crippen LogP contribution < -0.4 is 0 Å². The number of carbonyl (C=O) groups is 3. The molecule has 0 saturated heterocycles. The molecule has 60 heavy (non-hydrogen) atoms. The van der Waals surface area contributed by atoms with E-state index >= 15 is 0 Å². The van der Waals surface area contributed by atoms with E-state index in [9.17, 15) is 14.4 Å². The standard InChI is InChI=1S/C54H104O6/c1-7-50(6)42-36-30-24-20-21-27-33-39-45-54(57)60-51(47-59-53(56)44-38-32-26-19-15-11-13-17-23-29-35-41-49(4)5)46-58-52(55)43-37-31-25-18-14-10-8-9-12-16-22-28-34-40-48(2)3/h48-51H,7-47H2,1-6H3/t50?,51-/m0/s1. The molecule has 0 radical (unpaired) electrons. The number of carbonyl (C=O) groups excluding carboxylic acids is 3. The molecule has 6 heteroatoms. The van der Waals surface area contributed by atoms with E-state index in [0.29, 0.717) is 19.3 Å². The Morgan fingerprint density at radius 2 is 0.583 bits per heavy atom. The third-order valence-corrected chi connectivity index (χ3v) is 12.5. The quantitative estimate of drug-likeness (QED) is 0.0345. The minimum atomic E-state index is -0.763. The molecule has 0 rings (SSSR count). The first-order chi connectivity index (χ1) is 29.1. The molecular weight excluding hydrogens is 745 g/mol. The summed E-state index contributed by atoms with van der Waals surface area (Å²) in [6.45, 7) is 13.7. The molecule has 6 nitrogen and oxygen atoms in total. The van der Waals surface area contributed by atoms with Gasteiger partial charge in [0.25, 0.3) is 0 Å². The second kappa shape index (κ2) is 45.4. The lowest BCUT2D eigenvalue weighted by atomic mass is 9.99. The van der Waals surface area contributed by atoms with Gasteiger partial charge >= 0.3 is 17.9 Å². The normalized spacial score (nSPS) is 12.6. The first-order valence-corrected chi connectivity index (χ1v) is 26.6. The number of ether oxygens (including phenoxy) is 3. The molecule has 0 bridgehead atoms. The highest BCUT2D eigenvalue weighted by molar-refractivity contribution is 5.71. The Bertz CT molecular complexity index is 931. The van der Waals surface area contributed by atoms with Crippen LogP contribution in [0.25, 0.3) is 0 Å². The Hall–Kier alpha value is -1.59. The van der Waals surface area contributed by atoms with E-state index in [2.05, 4.69) is 41.5 Å². The lowest BCUT2D eigenvalue weighted by molar-refractivity contribution is -0.167. The van der Waals surface area contributed by atoms with E-state index in [1.165, 1.54) is 173 Å². The van der Waals surface area contributed by atoms with Crippen LogP contribution in [0.15, 0.2) is 0 Å². The molecule has 0 N–H and O–H groups in total. The van der Waals surface area contributed by atoms with Crippen LogP contribution in [0, 0.1) is 17.8 Å². The van der Waals surface area contributed by atoms with E-state index in [0.717, 1.165) is 75.5 Å². The summed E-state index contributed by atoms with van der Waals surface area (Å²) >= 11 is 0. The predicted molar refractivity (Wildman–Crippen MR) is 256 cm³/mol. The Kier molecular flexibility index (Phi) is 44.2. The summed E-state index contributed by atoms with van der Waals surface area (Å²) in [6.07, 6.45) is 45.1. The molecule has 0 amide bonds. The van der Waals surface area contributed by atoms with Crippen molar-refractivity contribution in [1.29, 1.82) is 0 Å². The van der Waals surface area contributed by atoms with E-state index < -0.39 is 6.10 Å². The average Bonchev–Trinajstić information content (AvgIpc) is 3.22. The molecule has 2 atom stereocenters. The van der Waals surface area contributed by atoms with Crippen molar-refractivity contribution in [2.45, 2.75) is 298 Å². The van der Waals surface area contributed by atoms with E-state index in [1.807, 2.05) is 0 Å². The van der Waals surface area contributed by atoms with Crippen molar-refractivity contribution >= 4 is 17.9 Å². The summed E-state index contributed by atoms with van der Waals surface area (Å²) in [5.41, 5.74) is 0. The molecule has 1 unspecified atom stereocenters. The van der Waals surface area contributed by atoms with Gasteiger partial charge in [-0.2, -0.15) is 0 Å². The molecule has 0 aromatic carbocycles. The Labute approximate surface area is 374 Å². The van der Waals surface area contributed by atoms with Gasteiger partial charge in [0.05, 0.1) is 0 Å². The van der Waals surface area contributed by atoms with Crippen molar-refractivity contribution < 1.29 is 28.6 Å². The molecule has 0 heterocycles. The summed E-state index contributed by atoms with van der Waals surface area (Å²) in [5.74, 6) is 1.66. The van der Waals surface area contributed by atoms with Crippen LogP contribution in [0.3, 0.4) is 0 Å². The molecule has 0 aliphatic heterocycles. The van der Waals surface area contributed by atoms with Crippen molar-refractivity contribution in [3.8, 4) is 0 Å². The van der Waals surface area contributed by atoms with Gasteiger partial charge in [0, 0.05) is 19.3 Å². The minimum Gasteiger partial charge on any atom is -0.462 e. The van der Waals surface area contributed by atoms with Crippen LogP contribution in [-0.2, 0) is 28.6 Å². The van der Waals surface area contributed by atoms with Crippen LogP contribution in [0.2, 0.25) is 0 Å². The molecule has 0 aromatic heterocycles. The monoisotopic (exact) mass is 849 g/mol. The number of hydrogen-bond acceptors (Lipinski definition) is 6. The highest BCUT2D eigenvalue weighted by Crippen LogP contribution is 2.18. The third kappa shape index (κ3) is 45.9. The largest absolute Gasteiger partial charge is 0.462 e. The lowest BCUT2D eigenvalue weighted by Gasteiger charge is -2.18. The van der Waals surface area contributed by atoms with Crippen molar-refractivity contribution in [3.63, 3.8) is 0 Å². The van der Waals surface area contributed by atoms with E-state index in [4.69, 9.17) is 14.2 Å². The number of esters is 3. The van der Waals surface area contributed by atoms with Gasteiger partial charge in [-0.25, -0.2) is 0 Å². The van der Waals surface area contributed by atoms with E-state index in [-0.39, 0.29) is 31.1 Å². The average molecular weight is 849 g/mol. The zero-order valence-electron chi connectivity index (χ0n) is 41.3. The Balaban J connectivity index is 4.31. The van der Waals surface area contributed by atoms with Gasteiger partial charge in [0.15, 0.2) is 6.10 Å². The van der Waals surface area contributed by atoms with Crippen LogP contribution in [0.1, 0.15) is 292 Å². The van der Waals surface area contributed by atoms with Crippen LogP contribution in [0.4, 0.5) is 0 Å². The summed E-state index contributed by atoms with van der Waals surface area (Å²) < 4.78 is 16.8. The maximum absolute atomic E-state index is 12.8. The van der Waals surface area contributed by atoms with Crippen LogP contribution in [-0.4, -0.2) is 37.2 Å². The molecule has 0 aromatic rings. The van der Waals surface area contributed by atoms with Gasteiger partial charge in [-0.3, -0.25) is 14.4 Å². The fourth-order valence-corrected chi connectivity index (χ4v) is 8.08. The third-order valence-electron chi connectivity index (χ3n) is 12.5. The number of unbranched alkanes of at least 4 members (excludes halogenated alkanes) is 29. The van der Waals surface area contributed by atoms with Gasteiger partial charge in [-0.05, 0) is 37.0 Å². The summed E-state index contributed by atoms with van der Waals surface area (Å²) in [6, 6.07) is 0. The minimum absolute atomic E-state index is 0.0647.